The molecule has 5 rings (SSSR count). The second-order valence-electron chi connectivity index (χ2n) is 6.71. The number of aryl methyl sites for hydroxylation is 2. The van der Waals surface area contributed by atoms with Crippen LogP contribution in [0.2, 0.25) is 0 Å². The standard InChI is InChI=1S/C18H17N9O2/c28-18(13-8-16(23-22-13)27-11-20-24-25-27)26-7-5-15-14(10-26)21-17(29-15)4-3-12-2-1-6-19-9-12/h1-2,6,8-9,11H,3-5,7,10H2,(H,22,23). The maximum Gasteiger partial charge on any atom is 0.272 e. The molecule has 0 aliphatic carbocycles. The lowest BCUT2D eigenvalue weighted by atomic mass is 10.1. The summed E-state index contributed by atoms with van der Waals surface area (Å²) in [6.45, 7) is 0.964. The first-order valence-electron chi connectivity index (χ1n) is 9.20. The summed E-state index contributed by atoms with van der Waals surface area (Å²) in [6, 6.07) is 5.57. The van der Waals surface area contributed by atoms with Crippen molar-refractivity contribution in [3.8, 4) is 5.82 Å². The van der Waals surface area contributed by atoms with Crippen molar-refractivity contribution >= 4 is 5.91 Å². The molecule has 0 aromatic carbocycles. The van der Waals surface area contributed by atoms with E-state index in [1.165, 1.54) is 11.0 Å². The Labute approximate surface area is 164 Å². The third-order valence-corrected chi connectivity index (χ3v) is 4.79. The van der Waals surface area contributed by atoms with Crippen LogP contribution in [0.5, 0.6) is 0 Å². The monoisotopic (exact) mass is 391 g/mol. The van der Waals surface area contributed by atoms with Crippen molar-refractivity contribution in [2.75, 3.05) is 6.54 Å². The third kappa shape index (κ3) is 3.49. The van der Waals surface area contributed by atoms with Gasteiger partial charge in [-0.05, 0) is 28.5 Å². The van der Waals surface area contributed by atoms with E-state index in [1.54, 1.807) is 17.2 Å². The van der Waals surface area contributed by atoms with Crippen LogP contribution in [-0.4, -0.2) is 57.7 Å². The van der Waals surface area contributed by atoms with Crippen molar-refractivity contribution in [1.29, 1.82) is 0 Å². The number of nitrogens with zero attached hydrogens (tertiary/aromatic N) is 8. The highest BCUT2D eigenvalue weighted by Gasteiger charge is 2.27. The summed E-state index contributed by atoms with van der Waals surface area (Å²) in [4.78, 5) is 23.3. The minimum Gasteiger partial charge on any atom is -0.445 e. The highest BCUT2D eigenvalue weighted by molar-refractivity contribution is 5.92. The number of carbonyl (C=O) groups excluding carboxylic acids is 1. The van der Waals surface area contributed by atoms with Crippen LogP contribution in [-0.2, 0) is 25.8 Å². The topological polar surface area (TPSA) is 132 Å². The van der Waals surface area contributed by atoms with Gasteiger partial charge in [-0.15, -0.1) is 5.10 Å². The zero-order valence-corrected chi connectivity index (χ0v) is 15.4. The number of fused-ring (bicyclic) bond motifs is 1. The molecule has 1 N–H and O–H groups in total. The molecule has 4 aromatic rings. The van der Waals surface area contributed by atoms with Crippen LogP contribution in [0, 0.1) is 0 Å². The first-order valence-corrected chi connectivity index (χ1v) is 9.20. The quantitative estimate of drug-likeness (QED) is 0.527. The normalized spacial score (nSPS) is 13.4. The van der Waals surface area contributed by atoms with Gasteiger partial charge in [0.2, 0.25) is 0 Å². The molecule has 4 aromatic heterocycles. The van der Waals surface area contributed by atoms with E-state index in [1.807, 2.05) is 18.3 Å². The Hall–Kier alpha value is -3.89. The largest absolute Gasteiger partial charge is 0.445 e. The lowest BCUT2D eigenvalue weighted by Crippen LogP contribution is -2.36. The molecule has 5 heterocycles. The van der Waals surface area contributed by atoms with Gasteiger partial charge >= 0.3 is 0 Å². The molecule has 0 saturated heterocycles. The molecule has 1 aliphatic heterocycles. The smallest absolute Gasteiger partial charge is 0.272 e. The van der Waals surface area contributed by atoms with Gasteiger partial charge in [0.05, 0.1) is 6.54 Å². The molecular formula is C18H17N9O2. The minimum atomic E-state index is -0.151. The molecular weight excluding hydrogens is 374 g/mol. The lowest BCUT2D eigenvalue weighted by Gasteiger charge is -2.24. The Morgan fingerprint density at radius 1 is 1.31 bits per heavy atom. The molecule has 1 aliphatic rings. The number of amides is 1. The van der Waals surface area contributed by atoms with Gasteiger partial charge in [0.25, 0.3) is 5.91 Å². The number of hydrogen-bond acceptors (Lipinski definition) is 8. The Balaban J connectivity index is 1.26. The first kappa shape index (κ1) is 17.2. The number of hydrogen-bond donors (Lipinski definition) is 1. The van der Waals surface area contributed by atoms with E-state index in [-0.39, 0.29) is 5.91 Å². The fraction of sp³-hybridized carbons (Fsp3) is 0.278. The molecule has 0 bridgehead atoms. The number of pyridine rings is 1. The second kappa shape index (κ2) is 7.26. The second-order valence-corrected chi connectivity index (χ2v) is 6.71. The number of oxazole rings is 1. The first-order chi connectivity index (χ1) is 14.3. The Morgan fingerprint density at radius 2 is 2.28 bits per heavy atom. The molecule has 11 nitrogen and oxygen atoms in total. The van der Waals surface area contributed by atoms with Gasteiger partial charge in [0.15, 0.2) is 11.7 Å². The fourth-order valence-corrected chi connectivity index (χ4v) is 3.30. The van der Waals surface area contributed by atoms with Gasteiger partial charge in [0.1, 0.15) is 23.5 Å². The SMILES string of the molecule is O=C(c1cc(-n2cnnn2)n[nH]1)N1CCc2oc(CCc3cccnc3)nc2C1. The van der Waals surface area contributed by atoms with E-state index in [0.717, 1.165) is 23.4 Å². The molecule has 0 fully saturated rings. The fourth-order valence-electron chi connectivity index (χ4n) is 3.30. The highest BCUT2D eigenvalue weighted by atomic mass is 16.4. The summed E-state index contributed by atoms with van der Waals surface area (Å²) < 4.78 is 7.28. The Kier molecular flexibility index (Phi) is 4.31. The predicted octanol–water partition coefficient (Wildman–Crippen LogP) is 0.752. The van der Waals surface area contributed by atoms with E-state index in [9.17, 15) is 4.79 Å². The maximum atomic E-state index is 12.8. The lowest BCUT2D eigenvalue weighted by molar-refractivity contribution is 0.0722. The highest BCUT2D eigenvalue weighted by Crippen LogP contribution is 2.22. The summed E-state index contributed by atoms with van der Waals surface area (Å²) in [5.74, 6) is 1.85. The summed E-state index contributed by atoms with van der Waals surface area (Å²) in [5, 5.41) is 17.7. The zero-order valence-electron chi connectivity index (χ0n) is 15.4. The van der Waals surface area contributed by atoms with Crippen molar-refractivity contribution in [2.45, 2.75) is 25.8 Å². The number of H-pyrrole nitrogens is 1. The zero-order chi connectivity index (χ0) is 19.6. The van der Waals surface area contributed by atoms with Gasteiger partial charge in [-0.2, -0.15) is 9.78 Å². The predicted molar refractivity (Wildman–Crippen MR) is 97.9 cm³/mol. The van der Waals surface area contributed by atoms with E-state index in [0.29, 0.717) is 43.3 Å². The summed E-state index contributed by atoms with van der Waals surface area (Å²) in [6.07, 6.45) is 7.16. The van der Waals surface area contributed by atoms with Crippen LogP contribution >= 0.6 is 0 Å². The van der Waals surface area contributed by atoms with Crippen molar-refractivity contribution in [3.63, 3.8) is 0 Å². The summed E-state index contributed by atoms with van der Waals surface area (Å²) >= 11 is 0. The Morgan fingerprint density at radius 3 is 3.10 bits per heavy atom. The van der Waals surface area contributed by atoms with E-state index in [2.05, 4.69) is 35.7 Å². The molecule has 0 radical (unpaired) electrons. The molecule has 11 heteroatoms. The van der Waals surface area contributed by atoms with Crippen LogP contribution in [0.3, 0.4) is 0 Å². The number of carbonyl (C=O) groups is 1. The van der Waals surface area contributed by atoms with Crippen molar-refractivity contribution in [3.05, 3.63) is 65.5 Å². The van der Waals surface area contributed by atoms with E-state index in [4.69, 9.17) is 4.42 Å². The van der Waals surface area contributed by atoms with Gasteiger partial charge in [-0.25, -0.2) is 4.98 Å². The molecule has 0 atom stereocenters. The van der Waals surface area contributed by atoms with Crippen LogP contribution in [0.15, 0.2) is 41.3 Å². The molecule has 1 amide bonds. The van der Waals surface area contributed by atoms with Crippen LogP contribution in [0.25, 0.3) is 5.82 Å². The Bertz CT molecular complexity index is 1120. The molecule has 0 spiro atoms. The third-order valence-electron chi connectivity index (χ3n) is 4.79. The van der Waals surface area contributed by atoms with Gasteiger partial charge in [-0.1, -0.05) is 6.07 Å². The van der Waals surface area contributed by atoms with Crippen molar-refractivity contribution in [2.24, 2.45) is 0 Å². The van der Waals surface area contributed by atoms with Gasteiger partial charge < -0.3 is 9.32 Å². The van der Waals surface area contributed by atoms with Crippen LogP contribution in [0.4, 0.5) is 0 Å². The van der Waals surface area contributed by atoms with Crippen molar-refractivity contribution < 1.29 is 9.21 Å². The molecule has 146 valence electrons. The van der Waals surface area contributed by atoms with Gasteiger partial charge in [-0.3, -0.25) is 14.9 Å². The molecule has 0 unspecified atom stereocenters. The molecule has 29 heavy (non-hydrogen) atoms. The number of nitrogens with one attached hydrogen (secondary N) is 1. The van der Waals surface area contributed by atoms with E-state index >= 15 is 0 Å². The van der Waals surface area contributed by atoms with Crippen molar-refractivity contribution in [1.82, 2.24) is 45.3 Å². The number of aromatic nitrogens is 8. The average Bonchev–Trinajstić information content (AvgIpc) is 3.52. The summed E-state index contributed by atoms with van der Waals surface area (Å²) in [5.41, 5.74) is 2.32. The number of aromatic amines is 1. The molecule has 0 saturated carbocycles. The van der Waals surface area contributed by atoms with Crippen LogP contribution < -0.4 is 0 Å². The summed E-state index contributed by atoms with van der Waals surface area (Å²) in [7, 11) is 0. The van der Waals surface area contributed by atoms with Gasteiger partial charge in [0, 0.05) is 37.8 Å². The van der Waals surface area contributed by atoms with Crippen LogP contribution in [0.1, 0.15) is 33.4 Å². The average molecular weight is 391 g/mol. The minimum absolute atomic E-state index is 0.151. The number of rotatable bonds is 5. The number of tetrazole rings is 1. The van der Waals surface area contributed by atoms with E-state index < -0.39 is 0 Å². The maximum absolute atomic E-state index is 12.8.